The number of anilines is 1. The van der Waals surface area contributed by atoms with Crippen LogP contribution in [0.15, 0.2) is 47.1 Å². The van der Waals surface area contributed by atoms with Crippen molar-refractivity contribution in [1.82, 2.24) is 4.90 Å². The molecule has 0 spiro atoms. The van der Waals surface area contributed by atoms with Crippen LogP contribution in [0.25, 0.3) is 11.0 Å². The normalized spacial score (nSPS) is 15.7. The molecule has 3 aromatic rings. The number of aryl methyl sites for hydroxylation is 2. The largest absolute Gasteiger partial charge is 0.476 e. The molecule has 1 aliphatic heterocycles. The van der Waals surface area contributed by atoms with Crippen LogP contribution < -0.4 is 9.64 Å². The van der Waals surface area contributed by atoms with E-state index in [1.54, 1.807) is 31.3 Å². The number of ether oxygens (including phenoxy) is 1. The minimum Gasteiger partial charge on any atom is -0.476 e. The fourth-order valence-electron chi connectivity index (χ4n) is 3.62. The van der Waals surface area contributed by atoms with Gasteiger partial charge in [-0.25, -0.2) is 0 Å². The highest BCUT2D eigenvalue weighted by molar-refractivity contribution is 6.00. The van der Waals surface area contributed by atoms with Crippen molar-refractivity contribution in [3.05, 3.63) is 59.4 Å². The van der Waals surface area contributed by atoms with E-state index >= 15 is 0 Å². The Labute approximate surface area is 169 Å². The van der Waals surface area contributed by atoms with E-state index in [0.717, 1.165) is 27.7 Å². The number of rotatable bonds is 3. The first-order valence-electron chi connectivity index (χ1n) is 9.59. The van der Waals surface area contributed by atoms with Crippen LogP contribution in [0.2, 0.25) is 0 Å². The van der Waals surface area contributed by atoms with Gasteiger partial charge in [0.25, 0.3) is 5.91 Å². The van der Waals surface area contributed by atoms with E-state index in [4.69, 9.17) is 9.15 Å². The second-order valence-electron chi connectivity index (χ2n) is 7.68. The molecule has 2 heterocycles. The maximum Gasteiger partial charge on any atom is 0.265 e. The topological polar surface area (TPSA) is 63.0 Å². The lowest BCUT2D eigenvalue weighted by Gasteiger charge is -2.35. The molecule has 1 atom stereocenters. The van der Waals surface area contributed by atoms with Crippen molar-refractivity contribution in [3.8, 4) is 5.75 Å². The number of benzene rings is 2. The van der Waals surface area contributed by atoms with Gasteiger partial charge in [0.15, 0.2) is 6.10 Å². The van der Waals surface area contributed by atoms with E-state index in [9.17, 15) is 9.59 Å². The molecule has 0 saturated heterocycles. The molecule has 6 nitrogen and oxygen atoms in total. The average molecular weight is 392 g/mol. The second kappa shape index (κ2) is 7.28. The lowest BCUT2D eigenvalue weighted by atomic mass is 10.0. The number of hydrogen-bond donors (Lipinski definition) is 0. The van der Waals surface area contributed by atoms with Gasteiger partial charge in [0.1, 0.15) is 11.3 Å². The molecule has 0 saturated carbocycles. The minimum atomic E-state index is -0.727. The number of nitrogens with zero attached hydrogens (tertiary/aromatic N) is 2. The van der Waals surface area contributed by atoms with Crippen molar-refractivity contribution >= 4 is 28.5 Å². The molecule has 0 unspecified atom stereocenters. The summed E-state index contributed by atoms with van der Waals surface area (Å²) in [6.07, 6.45) is 1.11. The van der Waals surface area contributed by atoms with E-state index < -0.39 is 6.10 Å². The summed E-state index contributed by atoms with van der Waals surface area (Å²) in [6.45, 7) is 4.26. The third-order valence-corrected chi connectivity index (χ3v) is 5.40. The van der Waals surface area contributed by atoms with Gasteiger partial charge in [0.05, 0.1) is 24.9 Å². The quantitative estimate of drug-likeness (QED) is 0.685. The van der Waals surface area contributed by atoms with Crippen molar-refractivity contribution in [2.45, 2.75) is 26.4 Å². The lowest BCUT2D eigenvalue weighted by Crippen LogP contribution is -2.50. The van der Waals surface area contributed by atoms with Crippen LogP contribution in [0.4, 0.5) is 5.69 Å². The molecule has 4 rings (SSSR count). The van der Waals surface area contributed by atoms with Crippen molar-refractivity contribution in [2.75, 3.05) is 25.5 Å². The maximum atomic E-state index is 13.3. The summed E-state index contributed by atoms with van der Waals surface area (Å²) in [5, 5.41) is 0.948. The summed E-state index contributed by atoms with van der Waals surface area (Å²) in [5.74, 6) is 0.270. The predicted octanol–water partition coefficient (Wildman–Crippen LogP) is 3.47. The molecule has 29 heavy (non-hydrogen) atoms. The van der Waals surface area contributed by atoms with Crippen molar-refractivity contribution < 1.29 is 18.7 Å². The molecule has 0 radical (unpaired) electrons. The molecule has 1 aromatic heterocycles. The Hall–Kier alpha value is -3.28. The third kappa shape index (κ3) is 3.46. The Kier molecular flexibility index (Phi) is 4.78. The molecule has 150 valence electrons. The Bertz CT molecular complexity index is 1100. The highest BCUT2D eigenvalue weighted by Gasteiger charge is 2.34. The SMILES string of the molecule is Cc1cc2occ(CC(=O)N3C[C@@H](C(=O)N(C)C)Oc4ccccc43)c2cc1C. The number of likely N-dealkylation sites (N-methyl/N-ethyl adjacent to an activating group) is 1. The van der Waals surface area contributed by atoms with Gasteiger partial charge in [-0.3, -0.25) is 9.59 Å². The fraction of sp³-hybridized carbons (Fsp3) is 0.304. The lowest BCUT2D eigenvalue weighted by molar-refractivity contribution is -0.136. The fourth-order valence-corrected chi connectivity index (χ4v) is 3.62. The van der Waals surface area contributed by atoms with Gasteiger partial charge in [-0.05, 0) is 49.2 Å². The standard InChI is InChI=1S/C23H24N2O4/c1-14-9-17-16(13-28-20(17)10-15(14)2)11-22(26)25-12-21(23(27)24(3)4)29-19-8-6-5-7-18(19)25/h5-10,13,21H,11-12H2,1-4H3/t21-/m0/s1. The summed E-state index contributed by atoms with van der Waals surface area (Å²) in [4.78, 5) is 28.9. The molecule has 0 N–H and O–H groups in total. The molecule has 6 heteroatoms. The van der Waals surface area contributed by atoms with E-state index in [0.29, 0.717) is 11.4 Å². The number of amides is 2. The second-order valence-corrected chi connectivity index (χ2v) is 7.68. The summed E-state index contributed by atoms with van der Waals surface area (Å²) >= 11 is 0. The highest BCUT2D eigenvalue weighted by atomic mass is 16.5. The Morgan fingerprint density at radius 3 is 2.62 bits per heavy atom. The van der Waals surface area contributed by atoms with Gasteiger partial charge in [-0.15, -0.1) is 0 Å². The Balaban J connectivity index is 1.65. The molecule has 2 amide bonds. The van der Waals surface area contributed by atoms with E-state index in [1.807, 2.05) is 38.1 Å². The molecule has 1 aliphatic rings. The number of fused-ring (bicyclic) bond motifs is 2. The Morgan fingerprint density at radius 2 is 1.86 bits per heavy atom. The number of hydrogen-bond acceptors (Lipinski definition) is 4. The van der Waals surface area contributed by atoms with Crippen LogP contribution in [0.3, 0.4) is 0 Å². The minimum absolute atomic E-state index is 0.0989. The van der Waals surface area contributed by atoms with Gasteiger partial charge < -0.3 is 19.0 Å². The first-order valence-corrected chi connectivity index (χ1v) is 9.59. The van der Waals surface area contributed by atoms with E-state index in [2.05, 4.69) is 6.07 Å². The number of furan rings is 1. The van der Waals surface area contributed by atoms with Crippen molar-refractivity contribution in [2.24, 2.45) is 0 Å². The zero-order valence-corrected chi connectivity index (χ0v) is 17.1. The highest BCUT2D eigenvalue weighted by Crippen LogP contribution is 2.34. The summed E-state index contributed by atoms with van der Waals surface area (Å²) in [6, 6.07) is 11.4. The van der Waals surface area contributed by atoms with Crippen molar-refractivity contribution in [1.29, 1.82) is 0 Å². The third-order valence-electron chi connectivity index (χ3n) is 5.40. The van der Waals surface area contributed by atoms with Crippen LogP contribution >= 0.6 is 0 Å². The average Bonchev–Trinajstić information content (AvgIpc) is 3.08. The molecule has 0 aliphatic carbocycles. The van der Waals surface area contributed by atoms with Gasteiger partial charge in [0, 0.05) is 25.0 Å². The molecule has 0 fully saturated rings. The van der Waals surface area contributed by atoms with Crippen LogP contribution in [0.1, 0.15) is 16.7 Å². The molecule has 0 bridgehead atoms. The van der Waals surface area contributed by atoms with Crippen LogP contribution in [-0.2, 0) is 16.0 Å². The smallest absolute Gasteiger partial charge is 0.265 e. The predicted molar refractivity (Wildman–Crippen MR) is 111 cm³/mol. The monoisotopic (exact) mass is 392 g/mol. The number of carbonyl (C=O) groups is 2. The summed E-state index contributed by atoms with van der Waals surface area (Å²) < 4.78 is 11.5. The van der Waals surface area contributed by atoms with Crippen LogP contribution in [0.5, 0.6) is 5.75 Å². The number of carbonyl (C=O) groups excluding carboxylic acids is 2. The Morgan fingerprint density at radius 1 is 1.14 bits per heavy atom. The first-order chi connectivity index (χ1) is 13.8. The molecular weight excluding hydrogens is 368 g/mol. The van der Waals surface area contributed by atoms with Crippen LogP contribution in [0, 0.1) is 13.8 Å². The summed E-state index contributed by atoms with van der Waals surface area (Å²) in [5.41, 5.74) is 4.60. The maximum absolute atomic E-state index is 13.3. The number of para-hydroxylation sites is 2. The zero-order valence-electron chi connectivity index (χ0n) is 17.1. The van der Waals surface area contributed by atoms with Gasteiger partial charge in [-0.2, -0.15) is 0 Å². The molecular formula is C23H24N2O4. The molecule has 2 aromatic carbocycles. The first kappa shape index (κ1) is 19.1. The van der Waals surface area contributed by atoms with E-state index in [1.165, 1.54) is 4.90 Å². The van der Waals surface area contributed by atoms with Gasteiger partial charge in [-0.1, -0.05) is 12.1 Å². The summed E-state index contributed by atoms with van der Waals surface area (Å²) in [7, 11) is 3.36. The van der Waals surface area contributed by atoms with E-state index in [-0.39, 0.29) is 24.8 Å². The van der Waals surface area contributed by atoms with Gasteiger partial charge >= 0.3 is 0 Å². The van der Waals surface area contributed by atoms with Crippen molar-refractivity contribution in [3.63, 3.8) is 0 Å². The van der Waals surface area contributed by atoms with Crippen LogP contribution in [-0.4, -0.2) is 43.5 Å². The zero-order chi connectivity index (χ0) is 20.7. The van der Waals surface area contributed by atoms with Gasteiger partial charge in [0.2, 0.25) is 5.91 Å².